The Balaban J connectivity index is 1.85. The van der Waals surface area contributed by atoms with E-state index in [1.54, 1.807) is 24.4 Å². The number of pyridine rings is 1. The first-order chi connectivity index (χ1) is 8.24. The molecule has 0 unspecified atom stereocenters. The van der Waals surface area contributed by atoms with E-state index in [2.05, 4.69) is 10.3 Å². The molecule has 4 N–H and O–H groups in total. The Labute approximate surface area is 100 Å². The van der Waals surface area contributed by atoms with Crippen LogP contribution in [0.2, 0.25) is 0 Å². The zero-order valence-corrected chi connectivity index (χ0v) is 9.43. The predicted molar refractivity (Wildman–Crippen MR) is 68.9 cm³/mol. The van der Waals surface area contributed by atoms with E-state index in [1.165, 1.54) is 5.56 Å². The Hall–Kier alpha value is -2.23. The van der Waals surface area contributed by atoms with Crippen molar-refractivity contribution in [2.75, 3.05) is 17.6 Å². The van der Waals surface area contributed by atoms with Crippen molar-refractivity contribution in [3.8, 4) is 5.75 Å². The highest BCUT2D eigenvalue weighted by atomic mass is 16.3. The maximum atomic E-state index is 9.15. The van der Waals surface area contributed by atoms with Gasteiger partial charge in [0.1, 0.15) is 11.6 Å². The molecule has 0 saturated carbocycles. The summed E-state index contributed by atoms with van der Waals surface area (Å²) in [6.45, 7) is 0.814. The number of aromatic nitrogens is 1. The van der Waals surface area contributed by atoms with Gasteiger partial charge in [-0.3, -0.25) is 0 Å². The fourth-order valence-corrected chi connectivity index (χ4v) is 1.57. The number of rotatable bonds is 4. The van der Waals surface area contributed by atoms with Crippen LogP contribution in [0, 0.1) is 0 Å². The molecule has 4 nitrogen and oxygen atoms in total. The van der Waals surface area contributed by atoms with Gasteiger partial charge in [-0.05, 0) is 30.2 Å². The van der Waals surface area contributed by atoms with Crippen molar-refractivity contribution in [2.45, 2.75) is 6.42 Å². The first kappa shape index (κ1) is 11.3. The summed E-state index contributed by atoms with van der Waals surface area (Å²) in [5.41, 5.74) is 7.73. The molecule has 0 atom stereocenters. The average molecular weight is 229 g/mol. The molecule has 0 aliphatic rings. The third-order valence-electron chi connectivity index (χ3n) is 2.46. The lowest BCUT2D eigenvalue weighted by Crippen LogP contribution is -2.05. The van der Waals surface area contributed by atoms with Gasteiger partial charge in [0.05, 0.1) is 0 Å². The summed E-state index contributed by atoms with van der Waals surface area (Å²) >= 11 is 0. The van der Waals surface area contributed by atoms with Gasteiger partial charge in [0.2, 0.25) is 0 Å². The zero-order chi connectivity index (χ0) is 12.1. The third-order valence-corrected chi connectivity index (χ3v) is 2.46. The molecule has 2 aromatic rings. The smallest absolute Gasteiger partial charge is 0.125 e. The zero-order valence-electron chi connectivity index (χ0n) is 9.43. The number of nitrogens with two attached hydrogens (primary N) is 1. The van der Waals surface area contributed by atoms with Crippen LogP contribution in [0.1, 0.15) is 5.56 Å². The minimum Gasteiger partial charge on any atom is -0.508 e. The lowest BCUT2D eigenvalue weighted by atomic mass is 10.1. The summed E-state index contributed by atoms with van der Waals surface area (Å²) in [4.78, 5) is 3.93. The molecule has 1 aromatic heterocycles. The van der Waals surface area contributed by atoms with Gasteiger partial charge in [0.15, 0.2) is 0 Å². The van der Waals surface area contributed by atoms with Gasteiger partial charge in [-0.1, -0.05) is 12.1 Å². The topological polar surface area (TPSA) is 71.2 Å². The first-order valence-corrected chi connectivity index (χ1v) is 5.47. The van der Waals surface area contributed by atoms with Gasteiger partial charge < -0.3 is 16.2 Å². The van der Waals surface area contributed by atoms with Crippen LogP contribution in [0.25, 0.3) is 0 Å². The number of hydrogen-bond donors (Lipinski definition) is 3. The van der Waals surface area contributed by atoms with E-state index in [0.717, 1.165) is 18.7 Å². The fourth-order valence-electron chi connectivity index (χ4n) is 1.57. The maximum absolute atomic E-state index is 9.15. The van der Waals surface area contributed by atoms with Gasteiger partial charge in [-0.2, -0.15) is 0 Å². The van der Waals surface area contributed by atoms with Crippen LogP contribution in [0.15, 0.2) is 42.6 Å². The van der Waals surface area contributed by atoms with E-state index in [9.17, 15) is 0 Å². The standard InChI is InChI=1S/C13H15N3O/c14-13-9-11(6-8-16-13)15-7-5-10-1-3-12(17)4-2-10/h1-4,6,8-9,17H,5,7H2,(H3,14,15,16). The number of phenols is 1. The third kappa shape index (κ3) is 3.38. The number of nitrogen functional groups attached to an aromatic ring is 1. The summed E-state index contributed by atoms with van der Waals surface area (Å²) in [7, 11) is 0. The number of benzene rings is 1. The number of nitrogens with zero attached hydrogens (tertiary/aromatic N) is 1. The molecular weight excluding hydrogens is 214 g/mol. The van der Waals surface area contributed by atoms with Gasteiger partial charge in [-0.25, -0.2) is 4.98 Å². The first-order valence-electron chi connectivity index (χ1n) is 5.47. The Morgan fingerprint density at radius 2 is 1.94 bits per heavy atom. The van der Waals surface area contributed by atoms with E-state index in [-0.39, 0.29) is 0 Å². The molecule has 0 radical (unpaired) electrons. The van der Waals surface area contributed by atoms with E-state index in [0.29, 0.717) is 11.6 Å². The second-order valence-electron chi connectivity index (χ2n) is 3.81. The SMILES string of the molecule is Nc1cc(NCCc2ccc(O)cc2)ccn1. The highest BCUT2D eigenvalue weighted by Crippen LogP contribution is 2.11. The van der Waals surface area contributed by atoms with Gasteiger partial charge >= 0.3 is 0 Å². The molecule has 88 valence electrons. The van der Waals surface area contributed by atoms with E-state index in [1.807, 2.05) is 18.2 Å². The molecule has 0 saturated heterocycles. The molecule has 1 aromatic carbocycles. The predicted octanol–water partition coefficient (Wildman–Crippen LogP) is 2.02. The molecule has 0 bridgehead atoms. The number of nitrogens with one attached hydrogen (secondary N) is 1. The number of anilines is 2. The van der Waals surface area contributed by atoms with Crippen molar-refractivity contribution >= 4 is 11.5 Å². The molecule has 1 heterocycles. The van der Waals surface area contributed by atoms with Crippen molar-refractivity contribution in [1.82, 2.24) is 4.98 Å². The number of aromatic hydroxyl groups is 1. The molecule has 0 aliphatic carbocycles. The molecule has 17 heavy (non-hydrogen) atoms. The van der Waals surface area contributed by atoms with Gasteiger partial charge in [0, 0.05) is 24.5 Å². The second kappa shape index (κ2) is 5.21. The van der Waals surface area contributed by atoms with Crippen molar-refractivity contribution in [3.63, 3.8) is 0 Å². The van der Waals surface area contributed by atoms with Crippen molar-refractivity contribution in [2.24, 2.45) is 0 Å². The van der Waals surface area contributed by atoms with Crippen LogP contribution < -0.4 is 11.1 Å². The Morgan fingerprint density at radius 1 is 1.18 bits per heavy atom. The lowest BCUT2D eigenvalue weighted by Gasteiger charge is -2.06. The quantitative estimate of drug-likeness (QED) is 0.750. The second-order valence-corrected chi connectivity index (χ2v) is 3.81. The monoisotopic (exact) mass is 229 g/mol. The van der Waals surface area contributed by atoms with Crippen molar-refractivity contribution in [3.05, 3.63) is 48.2 Å². The van der Waals surface area contributed by atoms with Crippen LogP contribution in [0.4, 0.5) is 11.5 Å². The Bertz CT molecular complexity index is 482. The summed E-state index contributed by atoms with van der Waals surface area (Å²) < 4.78 is 0. The van der Waals surface area contributed by atoms with Crippen LogP contribution in [-0.2, 0) is 6.42 Å². The Morgan fingerprint density at radius 3 is 2.65 bits per heavy atom. The number of phenolic OH excluding ortho intramolecular Hbond substituents is 1. The fraction of sp³-hybridized carbons (Fsp3) is 0.154. The molecule has 0 spiro atoms. The summed E-state index contributed by atoms with van der Waals surface area (Å²) in [6, 6.07) is 10.9. The Kier molecular flexibility index (Phi) is 3.45. The number of hydrogen-bond acceptors (Lipinski definition) is 4. The molecule has 0 amide bonds. The molecule has 0 fully saturated rings. The van der Waals surface area contributed by atoms with Gasteiger partial charge in [-0.15, -0.1) is 0 Å². The normalized spacial score (nSPS) is 10.1. The molecular formula is C13H15N3O. The highest BCUT2D eigenvalue weighted by Gasteiger charge is 1.95. The summed E-state index contributed by atoms with van der Waals surface area (Å²) in [6.07, 6.45) is 2.57. The van der Waals surface area contributed by atoms with E-state index in [4.69, 9.17) is 10.8 Å². The van der Waals surface area contributed by atoms with Crippen molar-refractivity contribution < 1.29 is 5.11 Å². The van der Waals surface area contributed by atoms with E-state index >= 15 is 0 Å². The largest absolute Gasteiger partial charge is 0.508 e. The molecule has 2 rings (SSSR count). The van der Waals surface area contributed by atoms with Crippen LogP contribution in [0.3, 0.4) is 0 Å². The highest BCUT2D eigenvalue weighted by molar-refractivity contribution is 5.49. The van der Waals surface area contributed by atoms with Crippen molar-refractivity contribution in [1.29, 1.82) is 0 Å². The molecule has 0 aliphatic heterocycles. The maximum Gasteiger partial charge on any atom is 0.125 e. The van der Waals surface area contributed by atoms with Crippen LogP contribution in [0.5, 0.6) is 5.75 Å². The van der Waals surface area contributed by atoms with Gasteiger partial charge in [0.25, 0.3) is 0 Å². The molecule has 4 heteroatoms. The summed E-state index contributed by atoms with van der Waals surface area (Å²) in [5, 5.41) is 12.4. The lowest BCUT2D eigenvalue weighted by molar-refractivity contribution is 0.475. The minimum absolute atomic E-state index is 0.295. The average Bonchev–Trinajstić information content (AvgIpc) is 2.32. The van der Waals surface area contributed by atoms with Crippen LogP contribution in [-0.4, -0.2) is 16.6 Å². The van der Waals surface area contributed by atoms with Crippen LogP contribution >= 0.6 is 0 Å². The minimum atomic E-state index is 0.295. The van der Waals surface area contributed by atoms with E-state index < -0.39 is 0 Å². The summed E-state index contributed by atoms with van der Waals surface area (Å²) in [5.74, 6) is 0.809.